The van der Waals surface area contributed by atoms with E-state index < -0.39 is 0 Å². The molecule has 126 valence electrons. The zero-order valence-electron chi connectivity index (χ0n) is 13.6. The Kier molecular flexibility index (Phi) is 5.67. The fourth-order valence-electron chi connectivity index (χ4n) is 3.48. The number of pyridine rings is 1. The number of hydrogen-bond acceptors (Lipinski definition) is 4. The Bertz CT molecular complexity index is 540. The van der Waals surface area contributed by atoms with Crippen molar-refractivity contribution in [2.75, 3.05) is 39.9 Å². The highest BCUT2D eigenvalue weighted by Crippen LogP contribution is 2.21. The first kappa shape index (κ1) is 16.9. The van der Waals surface area contributed by atoms with Gasteiger partial charge in [-0.3, -0.25) is 9.78 Å². The van der Waals surface area contributed by atoms with Crippen LogP contribution in [0.4, 0.5) is 0 Å². The van der Waals surface area contributed by atoms with Crippen LogP contribution in [0.25, 0.3) is 0 Å². The van der Waals surface area contributed by atoms with Gasteiger partial charge in [0.15, 0.2) is 0 Å². The quantitative estimate of drug-likeness (QED) is 0.803. The minimum atomic E-state index is 0.0569. The molecule has 1 unspecified atom stereocenters. The lowest BCUT2D eigenvalue weighted by atomic mass is 10.0. The summed E-state index contributed by atoms with van der Waals surface area (Å²) in [6, 6.07) is 2.15. The van der Waals surface area contributed by atoms with Crippen LogP contribution in [0.2, 0.25) is 0 Å². The molecule has 0 aromatic carbocycles. The molecule has 2 saturated heterocycles. The van der Waals surface area contributed by atoms with E-state index in [9.17, 15) is 4.79 Å². The minimum Gasteiger partial charge on any atom is -0.381 e. The van der Waals surface area contributed by atoms with Gasteiger partial charge >= 0.3 is 0 Å². The molecule has 23 heavy (non-hydrogen) atoms. The van der Waals surface area contributed by atoms with E-state index in [4.69, 9.17) is 4.74 Å². The van der Waals surface area contributed by atoms with E-state index in [1.54, 1.807) is 12.4 Å². The van der Waals surface area contributed by atoms with E-state index in [0.29, 0.717) is 17.5 Å². The monoisotopic (exact) mass is 381 g/mol. The van der Waals surface area contributed by atoms with Crippen molar-refractivity contribution in [2.45, 2.75) is 25.3 Å². The van der Waals surface area contributed by atoms with Crippen LogP contribution in [0.1, 0.15) is 29.6 Å². The lowest BCUT2D eigenvalue weighted by Gasteiger charge is -2.37. The van der Waals surface area contributed by atoms with E-state index in [-0.39, 0.29) is 5.91 Å². The molecule has 0 spiro atoms. The van der Waals surface area contributed by atoms with E-state index in [0.717, 1.165) is 50.2 Å². The molecule has 2 aliphatic heterocycles. The van der Waals surface area contributed by atoms with Crippen molar-refractivity contribution in [1.29, 1.82) is 0 Å². The first-order valence-electron chi connectivity index (χ1n) is 8.31. The summed E-state index contributed by atoms with van der Waals surface area (Å²) in [4.78, 5) is 21.1. The highest BCUT2D eigenvalue weighted by molar-refractivity contribution is 9.10. The average molecular weight is 382 g/mol. The van der Waals surface area contributed by atoms with Crippen LogP contribution in [0.5, 0.6) is 0 Å². The molecule has 0 N–H and O–H groups in total. The van der Waals surface area contributed by atoms with Gasteiger partial charge in [0.05, 0.1) is 12.2 Å². The summed E-state index contributed by atoms with van der Waals surface area (Å²) in [5.74, 6) is 0.750. The number of aromatic nitrogens is 1. The van der Waals surface area contributed by atoms with Crippen LogP contribution in [0.15, 0.2) is 22.9 Å². The van der Waals surface area contributed by atoms with Gasteiger partial charge in [0.2, 0.25) is 0 Å². The molecule has 2 fully saturated rings. The number of amides is 1. The van der Waals surface area contributed by atoms with E-state index >= 15 is 0 Å². The molecule has 6 heteroatoms. The van der Waals surface area contributed by atoms with E-state index in [1.165, 1.54) is 6.42 Å². The van der Waals surface area contributed by atoms with Crippen molar-refractivity contribution >= 4 is 21.8 Å². The minimum absolute atomic E-state index is 0.0569. The van der Waals surface area contributed by atoms with Crippen molar-refractivity contribution in [3.63, 3.8) is 0 Å². The maximum Gasteiger partial charge on any atom is 0.255 e. The molecule has 3 heterocycles. The smallest absolute Gasteiger partial charge is 0.255 e. The molecule has 1 amide bonds. The molecule has 5 nitrogen and oxygen atoms in total. The van der Waals surface area contributed by atoms with Crippen molar-refractivity contribution in [3.05, 3.63) is 28.5 Å². The number of halogens is 1. The standard InChI is InChI=1S/C17H24BrN3O2/c1-20(17(22)14-8-15(18)10-19-9-14)16-2-5-21(6-3-16)11-13-4-7-23-12-13/h8-10,13,16H,2-7,11-12H2,1H3. The highest BCUT2D eigenvalue weighted by atomic mass is 79.9. The third-order valence-electron chi connectivity index (χ3n) is 4.92. The Morgan fingerprint density at radius 1 is 1.39 bits per heavy atom. The number of carbonyl (C=O) groups is 1. The van der Waals surface area contributed by atoms with Gasteiger partial charge in [-0.05, 0) is 47.2 Å². The van der Waals surface area contributed by atoms with Crippen LogP contribution < -0.4 is 0 Å². The number of ether oxygens (including phenoxy) is 1. The van der Waals surface area contributed by atoms with Crippen molar-refractivity contribution < 1.29 is 9.53 Å². The molecule has 0 radical (unpaired) electrons. The number of piperidine rings is 1. The summed E-state index contributed by atoms with van der Waals surface area (Å²) in [6.45, 7) is 5.10. The average Bonchev–Trinajstić information content (AvgIpc) is 3.07. The third kappa shape index (κ3) is 4.31. The second kappa shape index (κ2) is 7.73. The zero-order valence-corrected chi connectivity index (χ0v) is 15.2. The molecular formula is C17H24BrN3O2. The Hall–Kier alpha value is -0.980. The Morgan fingerprint density at radius 3 is 2.83 bits per heavy atom. The Morgan fingerprint density at radius 2 is 2.17 bits per heavy atom. The molecule has 1 atom stereocenters. The van der Waals surface area contributed by atoms with Gasteiger partial charge in [-0.1, -0.05) is 0 Å². The first-order valence-corrected chi connectivity index (χ1v) is 9.10. The fraction of sp³-hybridized carbons (Fsp3) is 0.647. The van der Waals surface area contributed by atoms with Crippen molar-refractivity contribution in [2.24, 2.45) is 5.92 Å². The summed E-state index contributed by atoms with van der Waals surface area (Å²) in [7, 11) is 1.91. The summed E-state index contributed by atoms with van der Waals surface area (Å²) in [5.41, 5.74) is 0.646. The number of nitrogens with zero attached hydrogens (tertiary/aromatic N) is 3. The highest BCUT2D eigenvalue weighted by Gasteiger charge is 2.28. The van der Waals surface area contributed by atoms with Crippen LogP contribution in [-0.4, -0.2) is 66.6 Å². The van der Waals surface area contributed by atoms with Gasteiger partial charge in [-0.25, -0.2) is 0 Å². The predicted octanol–water partition coefficient (Wildman–Crippen LogP) is 2.42. The molecule has 1 aromatic heterocycles. The molecule has 3 rings (SSSR count). The second-order valence-electron chi connectivity index (χ2n) is 6.57. The van der Waals surface area contributed by atoms with E-state index in [1.807, 2.05) is 18.0 Å². The number of hydrogen-bond donors (Lipinski definition) is 0. The van der Waals surface area contributed by atoms with Crippen LogP contribution >= 0.6 is 15.9 Å². The molecular weight excluding hydrogens is 358 g/mol. The molecule has 2 aliphatic rings. The fourth-order valence-corrected chi connectivity index (χ4v) is 3.84. The molecule has 0 saturated carbocycles. The predicted molar refractivity (Wildman–Crippen MR) is 92.4 cm³/mol. The van der Waals surface area contributed by atoms with Gasteiger partial charge in [0, 0.05) is 56.2 Å². The molecule has 1 aromatic rings. The summed E-state index contributed by atoms with van der Waals surface area (Å²) < 4.78 is 6.30. The van der Waals surface area contributed by atoms with E-state index in [2.05, 4.69) is 25.8 Å². The Labute approximate surface area is 146 Å². The topological polar surface area (TPSA) is 45.7 Å². The van der Waals surface area contributed by atoms with Crippen molar-refractivity contribution in [1.82, 2.24) is 14.8 Å². The number of likely N-dealkylation sites (tertiary alicyclic amines) is 1. The normalized spacial score (nSPS) is 23.1. The lowest BCUT2D eigenvalue weighted by Crippen LogP contribution is -2.46. The van der Waals surface area contributed by atoms with Crippen LogP contribution in [-0.2, 0) is 4.74 Å². The van der Waals surface area contributed by atoms with Crippen LogP contribution in [0.3, 0.4) is 0 Å². The largest absolute Gasteiger partial charge is 0.381 e. The van der Waals surface area contributed by atoms with Crippen molar-refractivity contribution in [3.8, 4) is 0 Å². The van der Waals surface area contributed by atoms with Gasteiger partial charge in [-0.15, -0.1) is 0 Å². The molecule has 0 bridgehead atoms. The Balaban J connectivity index is 1.51. The number of carbonyl (C=O) groups excluding carboxylic acids is 1. The van der Waals surface area contributed by atoms with Gasteiger partial charge in [0.25, 0.3) is 5.91 Å². The third-order valence-corrected chi connectivity index (χ3v) is 5.35. The maximum absolute atomic E-state index is 12.6. The zero-order chi connectivity index (χ0) is 16.2. The first-order chi connectivity index (χ1) is 11.1. The van der Waals surface area contributed by atoms with Crippen LogP contribution in [0, 0.1) is 5.92 Å². The lowest BCUT2D eigenvalue weighted by molar-refractivity contribution is 0.0625. The second-order valence-corrected chi connectivity index (χ2v) is 7.48. The summed E-state index contributed by atoms with van der Waals surface area (Å²) in [6.07, 6.45) is 6.60. The van der Waals surface area contributed by atoms with Gasteiger partial charge in [0.1, 0.15) is 0 Å². The maximum atomic E-state index is 12.6. The SMILES string of the molecule is CN(C(=O)c1cncc(Br)c1)C1CCN(CC2CCOC2)CC1. The molecule has 0 aliphatic carbocycles. The number of rotatable bonds is 4. The van der Waals surface area contributed by atoms with Gasteiger partial charge in [-0.2, -0.15) is 0 Å². The summed E-state index contributed by atoms with van der Waals surface area (Å²) in [5, 5.41) is 0. The summed E-state index contributed by atoms with van der Waals surface area (Å²) >= 11 is 3.37. The van der Waals surface area contributed by atoms with Gasteiger partial charge < -0.3 is 14.5 Å².